The predicted octanol–water partition coefficient (Wildman–Crippen LogP) is 3.67. The number of ether oxygens (including phenoxy) is 1. The van der Waals surface area contributed by atoms with Gasteiger partial charge in [0.25, 0.3) is 0 Å². The molecule has 0 fully saturated rings. The maximum Gasteiger partial charge on any atom is 0.408 e. The molecular weight excluding hydrogens is 875 g/mol. The van der Waals surface area contributed by atoms with Crippen molar-refractivity contribution in [2.24, 2.45) is 0 Å². The Hall–Kier alpha value is -3.19. The van der Waals surface area contributed by atoms with Crippen molar-refractivity contribution in [1.29, 1.82) is 0 Å². The summed E-state index contributed by atoms with van der Waals surface area (Å²) in [4.78, 5) is 63.7. The number of carbonyl (C=O) groups excluding carboxylic acids is 3. The largest absolute Gasteiger partial charge is 0.481 e. The molecule has 57 heavy (non-hydrogen) atoms. The van der Waals surface area contributed by atoms with E-state index in [2.05, 4.69) is 16.0 Å². The number of alkyl halides is 4. The number of aliphatic carboxylic acids is 2. The van der Waals surface area contributed by atoms with E-state index in [0.29, 0.717) is 5.56 Å². The van der Waals surface area contributed by atoms with E-state index < -0.39 is 96.4 Å². The molecule has 0 aliphatic rings. The Labute approximate surface area is 351 Å². The second-order valence-corrected chi connectivity index (χ2v) is 18.2. The van der Waals surface area contributed by atoms with Crippen LogP contribution in [-0.4, -0.2) is 138 Å². The van der Waals surface area contributed by atoms with Crippen molar-refractivity contribution in [3.05, 3.63) is 71.8 Å². The molecule has 17 nitrogen and oxygen atoms in total. The summed E-state index contributed by atoms with van der Waals surface area (Å²) in [7, 11) is -8.50. The van der Waals surface area contributed by atoms with Gasteiger partial charge in [-0.1, -0.05) is 60.7 Å². The highest BCUT2D eigenvalue weighted by Crippen LogP contribution is 2.54. The van der Waals surface area contributed by atoms with Gasteiger partial charge in [-0.3, -0.25) is 18.9 Å². The summed E-state index contributed by atoms with van der Waals surface area (Å²) in [6.45, 7) is -0.748. The monoisotopic (exact) mass is 919 g/mol. The lowest BCUT2D eigenvalue weighted by atomic mass is 10.1. The van der Waals surface area contributed by atoms with Gasteiger partial charge in [0.05, 0.1) is 18.1 Å². The zero-order chi connectivity index (χ0) is 42.4. The number of sulfone groups is 1. The molecule has 0 aromatic heterocycles. The molecule has 0 bridgehead atoms. The normalized spacial score (nSPS) is 13.4. The Kier molecular flexibility index (Phi) is 22.8. The molecule has 0 heterocycles. The zero-order valence-corrected chi connectivity index (χ0v) is 35.4. The van der Waals surface area contributed by atoms with Gasteiger partial charge < -0.3 is 35.4 Å². The van der Waals surface area contributed by atoms with Crippen LogP contribution in [0.15, 0.2) is 60.7 Å². The predicted molar refractivity (Wildman–Crippen MR) is 216 cm³/mol. The standard InChI is InChI=1S/C34H46Cl4N5O12PS/c35-13-17-42(18-14-36)56(51,43(19-15-37)20-16-38)55-21-22-57(52,53)24-28(32(47)41-30(33(48)49)26-9-5-2-6-10-26)39-31(46)27(11-12-29(44)45)40-34(50)54-23-25-7-3-1-4-8-25/h1-10,27-28,30H,11-24H2,(H,39,46)(H,40,50)(H,41,47)(H,44,45)(H,48,49)/t27-,28-,30?/m0/s1. The molecule has 5 N–H and O–H groups in total. The van der Waals surface area contributed by atoms with E-state index in [0.717, 1.165) is 0 Å². The molecule has 0 spiro atoms. The van der Waals surface area contributed by atoms with Gasteiger partial charge in [0, 0.05) is 56.1 Å². The number of nitrogens with zero attached hydrogens (tertiary/aromatic N) is 2. The first kappa shape index (κ1) is 50.0. The number of hydrogen-bond acceptors (Lipinski definition) is 10. The quantitative estimate of drug-likeness (QED) is 0.0605. The molecule has 0 saturated heterocycles. The molecular formula is C34H46Cl4N5O12PS. The molecule has 2 aromatic rings. The van der Waals surface area contributed by atoms with Gasteiger partial charge in [0.1, 0.15) is 18.7 Å². The summed E-state index contributed by atoms with van der Waals surface area (Å²) >= 11 is 23.8. The Balaban J connectivity index is 2.41. The molecule has 2 aromatic carbocycles. The first-order valence-electron chi connectivity index (χ1n) is 17.4. The topological polar surface area (TPSA) is 238 Å². The zero-order valence-electron chi connectivity index (χ0n) is 30.6. The lowest BCUT2D eigenvalue weighted by molar-refractivity contribution is -0.142. The van der Waals surface area contributed by atoms with Crippen LogP contribution in [0.3, 0.4) is 0 Å². The molecule has 0 aliphatic heterocycles. The van der Waals surface area contributed by atoms with Gasteiger partial charge in [-0.25, -0.2) is 27.3 Å². The Bertz CT molecular complexity index is 1720. The van der Waals surface area contributed by atoms with Crippen LogP contribution in [0.25, 0.3) is 0 Å². The van der Waals surface area contributed by atoms with Crippen LogP contribution in [0.1, 0.15) is 30.0 Å². The third-order valence-corrected chi connectivity index (χ3v) is 13.0. The third kappa shape index (κ3) is 17.7. The van der Waals surface area contributed by atoms with Crippen LogP contribution in [0.4, 0.5) is 4.79 Å². The number of rotatable bonds is 28. The van der Waals surface area contributed by atoms with E-state index >= 15 is 0 Å². The van der Waals surface area contributed by atoms with E-state index in [1.54, 1.807) is 36.4 Å². The lowest BCUT2D eigenvalue weighted by Gasteiger charge is -2.37. The van der Waals surface area contributed by atoms with Gasteiger partial charge in [0.15, 0.2) is 15.9 Å². The molecule has 0 radical (unpaired) electrons. The number of amides is 3. The molecule has 3 atom stereocenters. The Morgan fingerprint density at radius 3 is 1.74 bits per heavy atom. The summed E-state index contributed by atoms with van der Waals surface area (Å²) < 4.78 is 55.3. The summed E-state index contributed by atoms with van der Waals surface area (Å²) in [5, 5.41) is 25.9. The fourth-order valence-corrected chi connectivity index (χ4v) is 10.2. The molecule has 318 valence electrons. The van der Waals surface area contributed by atoms with Gasteiger partial charge >= 0.3 is 25.7 Å². The summed E-state index contributed by atoms with van der Waals surface area (Å²) in [5.41, 5.74) is 0.721. The molecule has 0 aliphatic carbocycles. The van der Waals surface area contributed by atoms with Crippen molar-refractivity contribution >= 4 is 93.8 Å². The molecule has 0 saturated carbocycles. The highest BCUT2D eigenvalue weighted by molar-refractivity contribution is 7.91. The minimum absolute atomic E-state index is 0.0159. The van der Waals surface area contributed by atoms with Crippen molar-refractivity contribution in [1.82, 2.24) is 25.3 Å². The first-order chi connectivity index (χ1) is 27.1. The maximum absolute atomic E-state index is 14.4. The van der Waals surface area contributed by atoms with Gasteiger partial charge in [-0.2, -0.15) is 0 Å². The molecule has 23 heteroatoms. The minimum Gasteiger partial charge on any atom is -0.481 e. The molecule has 1 unspecified atom stereocenters. The van der Waals surface area contributed by atoms with Crippen molar-refractivity contribution in [2.45, 2.75) is 37.6 Å². The molecule has 3 amide bonds. The smallest absolute Gasteiger partial charge is 0.408 e. The van der Waals surface area contributed by atoms with Crippen LogP contribution >= 0.6 is 54.1 Å². The Morgan fingerprint density at radius 1 is 0.737 bits per heavy atom. The van der Waals surface area contributed by atoms with E-state index in [9.17, 15) is 47.2 Å². The van der Waals surface area contributed by atoms with Crippen molar-refractivity contribution < 1.29 is 56.4 Å². The van der Waals surface area contributed by atoms with Crippen molar-refractivity contribution in [2.75, 3.05) is 67.8 Å². The van der Waals surface area contributed by atoms with E-state index in [-0.39, 0.29) is 61.9 Å². The van der Waals surface area contributed by atoms with E-state index in [1.807, 2.05) is 0 Å². The van der Waals surface area contributed by atoms with Gasteiger partial charge in [-0.15, -0.1) is 46.4 Å². The summed E-state index contributed by atoms with van der Waals surface area (Å²) in [6.07, 6.45) is -2.26. The summed E-state index contributed by atoms with van der Waals surface area (Å²) in [5.74, 6) is -7.19. The first-order valence-corrected chi connectivity index (χ1v) is 22.9. The third-order valence-electron chi connectivity index (χ3n) is 7.93. The number of hydrogen-bond donors (Lipinski definition) is 5. The van der Waals surface area contributed by atoms with E-state index in [1.165, 1.54) is 33.6 Å². The fraction of sp³-hybridized carbons (Fsp3) is 0.500. The number of carboxylic acid groups (broad SMARTS) is 2. The number of alkyl carbamates (subject to hydrolysis) is 1. The number of halogens is 4. The van der Waals surface area contributed by atoms with Crippen molar-refractivity contribution in [3.8, 4) is 0 Å². The second-order valence-electron chi connectivity index (χ2n) is 12.0. The van der Waals surface area contributed by atoms with Crippen LogP contribution in [0.5, 0.6) is 0 Å². The van der Waals surface area contributed by atoms with Crippen LogP contribution in [0, 0.1) is 0 Å². The van der Waals surface area contributed by atoms with Crippen LogP contribution in [-0.2, 0) is 49.4 Å². The highest BCUT2D eigenvalue weighted by Gasteiger charge is 2.39. The van der Waals surface area contributed by atoms with Gasteiger partial charge in [-0.05, 0) is 17.5 Å². The maximum atomic E-state index is 14.4. The number of carboxylic acids is 2. The number of nitrogens with one attached hydrogen (secondary N) is 3. The number of carbonyl (C=O) groups is 5. The van der Waals surface area contributed by atoms with Crippen LogP contribution < -0.4 is 16.0 Å². The average molecular weight is 922 g/mol. The summed E-state index contributed by atoms with van der Waals surface area (Å²) in [6, 6.07) is 10.6. The molecule has 2 rings (SSSR count). The SMILES string of the molecule is O=C(O)CC[C@H](NC(=O)OCc1ccccc1)C(=O)N[C@@H](CS(=O)(=O)CCOP(=O)(N(CCCl)CCCl)N(CCCl)CCCl)C(=O)NC(C(=O)O)c1ccccc1. The average Bonchev–Trinajstić information content (AvgIpc) is 3.17. The second kappa shape index (κ2) is 26.0. The van der Waals surface area contributed by atoms with Crippen molar-refractivity contribution in [3.63, 3.8) is 0 Å². The minimum atomic E-state index is -4.45. The number of benzene rings is 2. The van der Waals surface area contributed by atoms with Crippen LogP contribution in [0.2, 0.25) is 0 Å². The van der Waals surface area contributed by atoms with E-state index in [4.69, 9.17) is 55.7 Å². The lowest BCUT2D eigenvalue weighted by Crippen LogP contribution is -2.56. The Morgan fingerprint density at radius 2 is 1.25 bits per heavy atom. The highest BCUT2D eigenvalue weighted by atomic mass is 35.5. The van der Waals surface area contributed by atoms with Gasteiger partial charge in [0.2, 0.25) is 11.8 Å². The fourth-order valence-electron chi connectivity index (χ4n) is 5.16.